The number of alkyl halides is 3. The van der Waals surface area contributed by atoms with Crippen molar-refractivity contribution in [1.82, 2.24) is 20.4 Å². The van der Waals surface area contributed by atoms with Crippen LogP contribution >= 0.6 is 0 Å². The van der Waals surface area contributed by atoms with Crippen molar-refractivity contribution in [3.05, 3.63) is 18.0 Å². The number of hydrogen-bond acceptors (Lipinski definition) is 3. The van der Waals surface area contributed by atoms with Gasteiger partial charge in [-0.1, -0.05) is 0 Å². The highest BCUT2D eigenvalue weighted by Crippen LogP contribution is 2.72. The summed E-state index contributed by atoms with van der Waals surface area (Å²) in [5.74, 6) is -0.271. The normalized spacial score (nSPS) is 31.0. The van der Waals surface area contributed by atoms with Gasteiger partial charge >= 0.3 is 6.18 Å². The van der Waals surface area contributed by atoms with Crippen LogP contribution in [0.4, 0.5) is 13.2 Å². The van der Waals surface area contributed by atoms with E-state index in [1.807, 2.05) is 0 Å². The number of rotatable bonds is 4. The maximum Gasteiger partial charge on any atom is 0.396 e. The van der Waals surface area contributed by atoms with Crippen LogP contribution in [0, 0.1) is 10.8 Å². The minimum Gasteiger partial charge on any atom is -0.355 e. The zero-order chi connectivity index (χ0) is 15.3. The molecule has 116 valence electrons. The van der Waals surface area contributed by atoms with Crippen LogP contribution in [-0.2, 0) is 18.3 Å². The van der Waals surface area contributed by atoms with E-state index in [-0.39, 0.29) is 31.8 Å². The first-order chi connectivity index (χ1) is 9.78. The summed E-state index contributed by atoms with van der Waals surface area (Å²) in [6.45, 7) is 0.327. The van der Waals surface area contributed by atoms with E-state index in [2.05, 4.69) is 15.7 Å². The van der Waals surface area contributed by atoms with Crippen molar-refractivity contribution in [3.63, 3.8) is 0 Å². The fraction of sp³-hybridized carbons (Fsp3) is 0.692. The van der Waals surface area contributed by atoms with E-state index >= 15 is 0 Å². The fourth-order valence-corrected chi connectivity index (χ4v) is 3.40. The Morgan fingerprint density at radius 1 is 1.52 bits per heavy atom. The Labute approximate surface area is 119 Å². The largest absolute Gasteiger partial charge is 0.396 e. The molecule has 1 aliphatic carbocycles. The zero-order valence-corrected chi connectivity index (χ0v) is 11.6. The number of fused-ring (bicyclic) bond motifs is 1. The van der Waals surface area contributed by atoms with E-state index in [0.29, 0.717) is 6.54 Å². The summed E-state index contributed by atoms with van der Waals surface area (Å²) in [4.78, 5) is 11.8. The number of piperidine rings is 1. The molecule has 2 N–H and O–H groups in total. The van der Waals surface area contributed by atoms with Gasteiger partial charge in [-0.2, -0.15) is 18.3 Å². The lowest BCUT2D eigenvalue weighted by Gasteiger charge is -2.20. The first kappa shape index (κ1) is 14.4. The van der Waals surface area contributed by atoms with Gasteiger partial charge in [0.1, 0.15) is 0 Å². The average molecular weight is 302 g/mol. The Kier molecular flexibility index (Phi) is 3.05. The Hall–Kier alpha value is -1.57. The quantitative estimate of drug-likeness (QED) is 0.857. The Bertz CT molecular complexity index is 570. The molecule has 0 unspecified atom stereocenters. The number of carbonyl (C=O) groups excluding carboxylic acids is 1. The summed E-state index contributed by atoms with van der Waals surface area (Å²) in [7, 11) is 1.74. The Morgan fingerprint density at radius 3 is 2.86 bits per heavy atom. The molecule has 2 heterocycles. The highest BCUT2D eigenvalue weighted by atomic mass is 19.4. The molecule has 0 bridgehead atoms. The molecule has 1 saturated heterocycles. The smallest absolute Gasteiger partial charge is 0.355 e. The molecule has 1 aliphatic heterocycles. The minimum atomic E-state index is -4.22. The van der Waals surface area contributed by atoms with E-state index < -0.39 is 17.0 Å². The van der Waals surface area contributed by atoms with Gasteiger partial charge in [-0.3, -0.25) is 9.48 Å². The summed E-state index contributed by atoms with van der Waals surface area (Å²) in [5, 5.41) is 9.40. The van der Waals surface area contributed by atoms with Crippen molar-refractivity contribution in [2.24, 2.45) is 17.9 Å². The number of amides is 1. The monoisotopic (exact) mass is 302 g/mol. The zero-order valence-electron chi connectivity index (χ0n) is 11.6. The van der Waals surface area contributed by atoms with Gasteiger partial charge in [0.15, 0.2) is 0 Å². The molecular weight excluding hydrogens is 285 g/mol. The lowest BCUT2D eigenvalue weighted by molar-refractivity contribution is -0.190. The molecule has 1 aromatic rings. The van der Waals surface area contributed by atoms with Gasteiger partial charge in [0, 0.05) is 38.3 Å². The van der Waals surface area contributed by atoms with Gasteiger partial charge in [-0.25, -0.2) is 0 Å². The summed E-state index contributed by atoms with van der Waals surface area (Å²) in [6.07, 6.45) is -0.692. The lowest BCUT2D eigenvalue weighted by atomic mass is 9.95. The third-order valence-electron chi connectivity index (χ3n) is 4.71. The SMILES string of the molecule is Cn1cc(CC(=O)NC[C@@]23CNC[C@]2(C(F)(F)F)C3)cn1. The second-order valence-corrected chi connectivity index (χ2v) is 6.12. The van der Waals surface area contributed by atoms with Crippen molar-refractivity contribution < 1.29 is 18.0 Å². The third-order valence-corrected chi connectivity index (χ3v) is 4.71. The van der Waals surface area contributed by atoms with Crippen LogP contribution in [0.2, 0.25) is 0 Å². The summed E-state index contributed by atoms with van der Waals surface area (Å²) < 4.78 is 41.0. The Morgan fingerprint density at radius 2 is 2.29 bits per heavy atom. The summed E-state index contributed by atoms with van der Waals surface area (Å²) in [6, 6.07) is 0. The van der Waals surface area contributed by atoms with Crippen molar-refractivity contribution in [2.75, 3.05) is 19.6 Å². The number of carbonyl (C=O) groups is 1. The number of halogens is 3. The van der Waals surface area contributed by atoms with Crippen LogP contribution in [0.1, 0.15) is 12.0 Å². The molecule has 1 saturated carbocycles. The van der Waals surface area contributed by atoms with Crippen LogP contribution in [0.25, 0.3) is 0 Å². The molecule has 1 amide bonds. The van der Waals surface area contributed by atoms with Gasteiger partial charge in [0.05, 0.1) is 18.0 Å². The van der Waals surface area contributed by atoms with Crippen molar-refractivity contribution >= 4 is 5.91 Å². The second-order valence-electron chi connectivity index (χ2n) is 6.12. The number of hydrogen-bond donors (Lipinski definition) is 2. The standard InChI is InChI=1S/C13H17F3N4O/c1-20-4-9(3-19-20)2-10(21)18-7-11-5-12(11,8-17-6-11)13(14,15)16/h3-4,17H,2,5-8H2,1H3,(H,18,21)/t11-,12-/m1/s1. The molecule has 0 spiro atoms. The molecule has 2 aliphatic rings. The van der Waals surface area contributed by atoms with Crippen LogP contribution in [-0.4, -0.2) is 41.5 Å². The summed E-state index contributed by atoms with van der Waals surface area (Å²) >= 11 is 0. The molecule has 8 heteroatoms. The van der Waals surface area contributed by atoms with Gasteiger partial charge in [0.25, 0.3) is 0 Å². The average Bonchev–Trinajstić information content (AvgIpc) is 2.66. The molecule has 21 heavy (non-hydrogen) atoms. The van der Waals surface area contributed by atoms with Gasteiger partial charge < -0.3 is 10.6 Å². The van der Waals surface area contributed by atoms with Crippen LogP contribution in [0.5, 0.6) is 0 Å². The number of nitrogens with one attached hydrogen (secondary N) is 2. The molecule has 2 atom stereocenters. The molecular formula is C13H17F3N4O. The molecule has 2 fully saturated rings. The number of aromatic nitrogens is 2. The van der Waals surface area contributed by atoms with Crippen LogP contribution < -0.4 is 10.6 Å². The molecule has 5 nitrogen and oxygen atoms in total. The minimum absolute atomic E-state index is 0.0467. The van der Waals surface area contributed by atoms with Crippen molar-refractivity contribution in [3.8, 4) is 0 Å². The third kappa shape index (κ3) is 2.21. The van der Waals surface area contributed by atoms with E-state index in [4.69, 9.17) is 0 Å². The highest BCUT2D eigenvalue weighted by molar-refractivity contribution is 5.78. The van der Waals surface area contributed by atoms with Crippen molar-refractivity contribution in [1.29, 1.82) is 0 Å². The fourth-order valence-electron chi connectivity index (χ4n) is 3.40. The first-order valence-corrected chi connectivity index (χ1v) is 6.80. The van der Waals surface area contributed by atoms with E-state index in [1.54, 1.807) is 24.1 Å². The number of aryl methyl sites for hydroxylation is 1. The maximum atomic E-state index is 13.1. The second kappa shape index (κ2) is 4.46. The number of nitrogens with zero attached hydrogens (tertiary/aromatic N) is 2. The molecule has 0 radical (unpaired) electrons. The maximum absolute atomic E-state index is 13.1. The van der Waals surface area contributed by atoms with Crippen molar-refractivity contribution in [2.45, 2.75) is 19.0 Å². The van der Waals surface area contributed by atoms with Gasteiger partial charge in [-0.15, -0.1) is 0 Å². The molecule has 3 rings (SSSR count). The van der Waals surface area contributed by atoms with Gasteiger partial charge in [0.2, 0.25) is 5.91 Å². The topological polar surface area (TPSA) is 59.0 Å². The highest BCUT2D eigenvalue weighted by Gasteiger charge is 2.81. The van der Waals surface area contributed by atoms with E-state index in [0.717, 1.165) is 5.56 Å². The van der Waals surface area contributed by atoms with E-state index in [1.165, 1.54) is 0 Å². The lowest BCUT2D eigenvalue weighted by Crippen LogP contribution is -2.38. The molecule has 0 aromatic carbocycles. The van der Waals surface area contributed by atoms with Crippen LogP contribution in [0.15, 0.2) is 12.4 Å². The predicted octanol–water partition coefficient (Wildman–Crippen LogP) is 0.621. The predicted molar refractivity (Wildman–Crippen MR) is 68.3 cm³/mol. The molecule has 1 aromatic heterocycles. The first-order valence-electron chi connectivity index (χ1n) is 6.80. The Balaban J connectivity index is 1.57. The summed E-state index contributed by atoms with van der Waals surface area (Å²) in [5.41, 5.74) is -1.77. The van der Waals surface area contributed by atoms with Crippen LogP contribution in [0.3, 0.4) is 0 Å². The van der Waals surface area contributed by atoms with E-state index in [9.17, 15) is 18.0 Å². The van der Waals surface area contributed by atoms with Gasteiger partial charge in [-0.05, 0) is 12.0 Å².